The number of nitrogens with two attached hydrogens (primary N) is 1. The van der Waals surface area contributed by atoms with Gasteiger partial charge in [0.2, 0.25) is 0 Å². The van der Waals surface area contributed by atoms with Crippen LogP contribution in [-0.2, 0) is 4.79 Å². The molecule has 0 radical (unpaired) electrons. The Morgan fingerprint density at radius 1 is 1.36 bits per heavy atom. The van der Waals surface area contributed by atoms with E-state index >= 15 is 0 Å². The molecule has 0 amide bonds. The van der Waals surface area contributed by atoms with E-state index in [1.807, 2.05) is 25.1 Å². The SMILES string of the molecule is CCCOc1ccc(C)c(Cl)c1.N#Cc1ccc(N)cc1I.O=CO. The number of benzene rings is 2. The molecular weight excluding hydrogens is 455 g/mol. The first-order valence-electron chi connectivity index (χ1n) is 7.31. The number of carboxylic acid groups (broad SMARTS) is 1. The van der Waals surface area contributed by atoms with Gasteiger partial charge in [-0.3, -0.25) is 4.79 Å². The highest BCUT2D eigenvalue weighted by Gasteiger charge is 1.97. The Bertz CT molecular complexity index is 718. The van der Waals surface area contributed by atoms with Crippen LogP contribution in [0.4, 0.5) is 5.69 Å². The minimum atomic E-state index is -0.250. The third-order valence-corrected chi connectivity index (χ3v) is 4.03. The Morgan fingerprint density at radius 3 is 2.48 bits per heavy atom. The lowest BCUT2D eigenvalue weighted by Gasteiger charge is -2.05. The zero-order valence-corrected chi connectivity index (χ0v) is 16.9. The standard InChI is InChI=1S/C10H13ClO.C7H5IN2.CH2O2/c1-3-6-12-9-5-4-8(2)10(11)7-9;8-7-3-6(10)2-1-5(7)4-9;2-1-3/h4-5,7H,3,6H2,1-2H3;1-3H,10H2;1H,(H,2,3). The minimum absolute atomic E-state index is 0.250. The Balaban J connectivity index is 0.000000403. The number of nitrogen functional groups attached to an aromatic ring is 1. The van der Waals surface area contributed by atoms with Crippen LogP contribution in [0, 0.1) is 21.8 Å². The van der Waals surface area contributed by atoms with Crippen LogP contribution in [0.25, 0.3) is 0 Å². The highest BCUT2D eigenvalue weighted by Crippen LogP contribution is 2.21. The van der Waals surface area contributed by atoms with Gasteiger partial charge in [0, 0.05) is 14.3 Å². The second-order valence-electron chi connectivity index (χ2n) is 4.72. The minimum Gasteiger partial charge on any atom is -0.494 e. The summed E-state index contributed by atoms with van der Waals surface area (Å²) >= 11 is 8.00. The summed E-state index contributed by atoms with van der Waals surface area (Å²) in [6.07, 6.45) is 1.02. The summed E-state index contributed by atoms with van der Waals surface area (Å²) < 4.78 is 6.31. The van der Waals surface area contributed by atoms with Gasteiger partial charge in [-0.2, -0.15) is 5.26 Å². The molecule has 0 fully saturated rings. The number of hydrogen-bond donors (Lipinski definition) is 2. The Kier molecular flexibility index (Phi) is 12.3. The van der Waals surface area contributed by atoms with Crippen molar-refractivity contribution in [3.05, 3.63) is 56.1 Å². The molecule has 0 saturated carbocycles. The van der Waals surface area contributed by atoms with Crippen LogP contribution >= 0.6 is 34.2 Å². The van der Waals surface area contributed by atoms with E-state index in [1.54, 1.807) is 18.2 Å². The third-order valence-electron chi connectivity index (χ3n) is 2.73. The van der Waals surface area contributed by atoms with Gasteiger partial charge >= 0.3 is 0 Å². The van der Waals surface area contributed by atoms with Gasteiger partial charge in [0.05, 0.1) is 12.2 Å². The number of ether oxygens (including phenoxy) is 1. The predicted octanol–water partition coefficient (Wildman–Crippen LogP) is 4.88. The Labute approximate surface area is 166 Å². The maximum absolute atomic E-state index is 8.51. The number of anilines is 1. The summed E-state index contributed by atoms with van der Waals surface area (Å²) in [4.78, 5) is 8.36. The second-order valence-corrected chi connectivity index (χ2v) is 6.29. The normalized spacial score (nSPS) is 8.76. The van der Waals surface area contributed by atoms with Crippen LogP contribution in [0.5, 0.6) is 5.75 Å². The number of hydrogen-bond acceptors (Lipinski definition) is 4. The fourth-order valence-electron chi connectivity index (χ4n) is 1.51. The summed E-state index contributed by atoms with van der Waals surface area (Å²) in [5.74, 6) is 0.854. The molecule has 0 atom stereocenters. The fourth-order valence-corrected chi connectivity index (χ4v) is 2.34. The van der Waals surface area contributed by atoms with Gasteiger partial charge in [-0.05, 0) is 71.8 Å². The fraction of sp³-hybridized carbons (Fsp3) is 0.222. The van der Waals surface area contributed by atoms with Crippen molar-refractivity contribution in [2.75, 3.05) is 12.3 Å². The van der Waals surface area contributed by atoms with E-state index in [0.29, 0.717) is 11.3 Å². The molecule has 0 aliphatic rings. The molecule has 0 heterocycles. The largest absolute Gasteiger partial charge is 0.494 e. The number of carbonyl (C=O) groups is 1. The van der Waals surface area contributed by atoms with Crippen molar-refractivity contribution in [2.45, 2.75) is 20.3 Å². The van der Waals surface area contributed by atoms with E-state index in [2.05, 4.69) is 35.6 Å². The molecule has 134 valence electrons. The van der Waals surface area contributed by atoms with E-state index in [4.69, 9.17) is 37.2 Å². The lowest BCUT2D eigenvalue weighted by Crippen LogP contribution is -1.94. The molecule has 0 saturated heterocycles. The van der Waals surface area contributed by atoms with Crippen LogP contribution < -0.4 is 10.5 Å². The predicted molar refractivity (Wildman–Crippen MR) is 109 cm³/mol. The van der Waals surface area contributed by atoms with Crippen molar-refractivity contribution in [1.82, 2.24) is 0 Å². The molecule has 2 rings (SSSR count). The molecular formula is C18H20ClIN2O3. The van der Waals surface area contributed by atoms with Gasteiger partial charge in [0.1, 0.15) is 11.8 Å². The van der Waals surface area contributed by atoms with Gasteiger partial charge in [-0.1, -0.05) is 24.6 Å². The van der Waals surface area contributed by atoms with Crippen LogP contribution in [0.1, 0.15) is 24.5 Å². The number of nitriles is 1. The van der Waals surface area contributed by atoms with Gasteiger partial charge in [0.25, 0.3) is 6.47 Å². The molecule has 0 aliphatic heterocycles. The molecule has 0 bridgehead atoms. The van der Waals surface area contributed by atoms with E-state index < -0.39 is 0 Å². The molecule has 5 nitrogen and oxygen atoms in total. The molecule has 0 aliphatic carbocycles. The first kappa shape index (κ1) is 23.0. The average molecular weight is 475 g/mol. The van der Waals surface area contributed by atoms with Crippen molar-refractivity contribution >= 4 is 46.4 Å². The van der Waals surface area contributed by atoms with E-state index in [1.165, 1.54) is 0 Å². The highest BCUT2D eigenvalue weighted by molar-refractivity contribution is 14.1. The van der Waals surface area contributed by atoms with Crippen molar-refractivity contribution in [1.29, 1.82) is 5.26 Å². The molecule has 25 heavy (non-hydrogen) atoms. The topological polar surface area (TPSA) is 96.3 Å². The first-order chi connectivity index (χ1) is 11.9. The monoisotopic (exact) mass is 474 g/mol. The smallest absolute Gasteiger partial charge is 0.290 e. The van der Waals surface area contributed by atoms with E-state index in [0.717, 1.165) is 32.9 Å². The summed E-state index contributed by atoms with van der Waals surface area (Å²) in [6.45, 7) is 4.56. The van der Waals surface area contributed by atoms with E-state index in [-0.39, 0.29) is 6.47 Å². The third kappa shape index (κ3) is 9.79. The van der Waals surface area contributed by atoms with Crippen LogP contribution in [-0.4, -0.2) is 18.2 Å². The zero-order valence-electron chi connectivity index (χ0n) is 14.0. The van der Waals surface area contributed by atoms with Gasteiger partial charge in [-0.15, -0.1) is 0 Å². The van der Waals surface area contributed by atoms with Crippen molar-refractivity contribution in [3.63, 3.8) is 0 Å². The first-order valence-corrected chi connectivity index (χ1v) is 8.77. The van der Waals surface area contributed by atoms with Crippen molar-refractivity contribution < 1.29 is 14.6 Å². The summed E-state index contributed by atoms with van der Waals surface area (Å²) in [5.41, 5.74) is 7.93. The quantitative estimate of drug-likeness (QED) is 0.375. The molecule has 0 unspecified atom stereocenters. The highest BCUT2D eigenvalue weighted by atomic mass is 127. The van der Waals surface area contributed by atoms with Gasteiger partial charge in [0.15, 0.2) is 0 Å². The molecule has 0 spiro atoms. The van der Waals surface area contributed by atoms with Crippen molar-refractivity contribution in [3.8, 4) is 11.8 Å². The zero-order chi connectivity index (χ0) is 19.2. The molecule has 2 aromatic carbocycles. The van der Waals surface area contributed by atoms with E-state index in [9.17, 15) is 0 Å². The number of halogens is 2. The van der Waals surface area contributed by atoms with Crippen molar-refractivity contribution in [2.24, 2.45) is 0 Å². The lowest BCUT2D eigenvalue weighted by molar-refractivity contribution is -0.122. The number of rotatable bonds is 3. The molecule has 2 aromatic rings. The summed E-state index contributed by atoms with van der Waals surface area (Å²) in [7, 11) is 0. The maximum Gasteiger partial charge on any atom is 0.290 e. The average Bonchev–Trinajstić information content (AvgIpc) is 2.57. The molecule has 0 aromatic heterocycles. The lowest BCUT2D eigenvalue weighted by atomic mass is 10.2. The number of nitrogens with zero attached hydrogens (tertiary/aromatic N) is 1. The summed E-state index contributed by atoms with van der Waals surface area (Å²) in [6, 6.07) is 13.0. The van der Waals surface area contributed by atoms with Gasteiger partial charge in [-0.25, -0.2) is 0 Å². The molecule has 3 N–H and O–H groups in total. The Morgan fingerprint density at radius 2 is 2.00 bits per heavy atom. The number of aryl methyl sites for hydroxylation is 1. The van der Waals surface area contributed by atoms with Crippen LogP contribution in [0.3, 0.4) is 0 Å². The molecule has 7 heteroatoms. The van der Waals surface area contributed by atoms with Gasteiger partial charge < -0.3 is 15.6 Å². The second kappa shape index (κ2) is 13.3. The van der Waals surface area contributed by atoms with Crippen LogP contribution in [0.2, 0.25) is 5.02 Å². The van der Waals surface area contributed by atoms with Crippen LogP contribution in [0.15, 0.2) is 36.4 Å². The Hall–Kier alpha value is -1.98. The maximum atomic E-state index is 8.51. The summed E-state index contributed by atoms with van der Waals surface area (Å²) in [5, 5.41) is 16.2.